The van der Waals surface area contributed by atoms with E-state index in [0.29, 0.717) is 34.5 Å². The van der Waals surface area contributed by atoms with Crippen molar-refractivity contribution >= 4 is 35.0 Å². The fourth-order valence-corrected chi connectivity index (χ4v) is 3.71. The van der Waals surface area contributed by atoms with Gasteiger partial charge in [-0.05, 0) is 49.0 Å². The van der Waals surface area contributed by atoms with Crippen molar-refractivity contribution in [1.82, 2.24) is 0 Å². The Labute approximate surface area is 237 Å². The molecule has 0 bridgehead atoms. The largest absolute Gasteiger partial charge is 0.383 e. The molecule has 1 aromatic carbocycles. The lowest BCUT2D eigenvalue weighted by Crippen LogP contribution is -2.19. The summed E-state index contributed by atoms with van der Waals surface area (Å²) in [5.41, 5.74) is 10.9. The molecule has 39 heavy (non-hydrogen) atoms. The van der Waals surface area contributed by atoms with Gasteiger partial charge in [-0.3, -0.25) is 15.1 Å². The Morgan fingerprint density at radius 3 is 2.46 bits per heavy atom. The number of rotatable bonds is 16. The van der Waals surface area contributed by atoms with E-state index >= 15 is 0 Å². The van der Waals surface area contributed by atoms with Crippen LogP contribution in [0.4, 0.5) is 11.4 Å². The average Bonchev–Trinajstić information content (AvgIpc) is 2.89. The van der Waals surface area contributed by atoms with Crippen LogP contribution < -0.4 is 5.73 Å². The molecule has 0 fully saturated rings. The van der Waals surface area contributed by atoms with Gasteiger partial charge in [0.1, 0.15) is 5.84 Å². The Hall–Kier alpha value is -4.29. The van der Waals surface area contributed by atoms with Crippen molar-refractivity contribution in [3.05, 3.63) is 142 Å². The van der Waals surface area contributed by atoms with Gasteiger partial charge in [-0.2, -0.15) is 0 Å². The van der Waals surface area contributed by atoms with E-state index in [-0.39, 0.29) is 16.5 Å². The lowest BCUT2D eigenvalue weighted by atomic mass is 9.93. The second-order valence-corrected chi connectivity index (χ2v) is 8.91. The zero-order valence-electron chi connectivity index (χ0n) is 22.8. The molecule has 0 aliphatic rings. The molecule has 0 saturated carbocycles. The van der Waals surface area contributed by atoms with Gasteiger partial charge in [0, 0.05) is 23.9 Å². The molecule has 0 atom stereocenters. The highest BCUT2D eigenvalue weighted by atomic mass is 35.5. The van der Waals surface area contributed by atoms with E-state index in [1.54, 1.807) is 24.3 Å². The lowest BCUT2D eigenvalue weighted by molar-refractivity contribution is -0.384. The molecule has 0 spiro atoms. The van der Waals surface area contributed by atoms with E-state index in [4.69, 9.17) is 17.3 Å². The van der Waals surface area contributed by atoms with E-state index in [1.165, 1.54) is 24.4 Å². The van der Waals surface area contributed by atoms with Crippen molar-refractivity contribution < 1.29 is 4.92 Å². The summed E-state index contributed by atoms with van der Waals surface area (Å²) in [7, 11) is 0. The summed E-state index contributed by atoms with van der Waals surface area (Å²) in [6.45, 7) is 24.0. The van der Waals surface area contributed by atoms with Gasteiger partial charge in [0.15, 0.2) is 0 Å². The van der Waals surface area contributed by atoms with E-state index in [2.05, 4.69) is 49.8 Å². The first kappa shape index (κ1) is 32.7. The van der Waals surface area contributed by atoms with Gasteiger partial charge in [-0.25, -0.2) is 4.99 Å². The number of aliphatic imine (C=N–C) groups is 2. The van der Waals surface area contributed by atoms with Crippen LogP contribution in [0.3, 0.4) is 0 Å². The molecule has 0 unspecified atom stereocenters. The molecule has 0 aliphatic heterocycles. The molecule has 6 nitrogen and oxygen atoms in total. The van der Waals surface area contributed by atoms with Gasteiger partial charge >= 0.3 is 0 Å². The number of nitrogens with two attached hydrogens (primary N) is 1. The molecule has 1 aromatic rings. The third-order valence-electron chi connectivity index (χ3n) is 5.39. The summed E-state index contributed by atoms with van der Waals surface area (Å²) < 4.78 is 0. The predicted molar refractivity (Wildman–Crippen MR) is 169 cm³/mol. The molecule has 204 valence electrons. The number of unbranched alkanes of at least 4 members (excludes halogenated alkanes) is 1. The molecular formula is C32H37ClN4O2. The normalized spacial score (nSPS) is 13.1. The van der Waals surface area contributed by atoms with Gasteiger partial charge < -0.3 is 5.73 Å². The molecule has 1 rings (SSSR count). The molecule has 0 heterocycles. The Morgan fingerprint density at radius 1 is 1.18 bits per heavy atom. The first-order valence-electron chi connectivity index (χ1n) is 12.4. The van der Waals surface area contributed by atoms with E-state index in [0.717, 1.165) is 30.4 Å². The van der Waals surface area contributed by atoms with Crippen LogP contribution >= 0.6 is 11.6 Å². The number of benzene rings is 1. The van der Waals surface area contributed by atoms with Crippen LogP contribution in [0.1, 0.15) is 39.5 Å². The van der Waals surface area contributed by atoms with Crippen molar-refractivity contribution in [2.45, 2.75) is 39.5 Å². The third kappa shape index (κ3) is 10.9. The number of amidine groups is 1. The summed E-state index contributed by atoms with van der Waals surface area (Å²) in [5.74, 6) is 0.199. The monoisotopic (exact) mass is 544 g/mol. The van der Waals surface area contributed by atoms with Gasteiger partial charge in [0.2, 0.25) is 0 Å². The number of nitrogens with zero attached hydrogens (tertiary/aromatic N) is 3. The fraction of sp³-hybridized carbons (Fsp3) is 0.188. The topological polar surface area (TPSA) is 93.9 Å². The maximum atomic E-state index is 11.0. The standard InChI is InChI=1S/C32H37ClN4O2/c1-8-12-16-23(5)20-27(15-11-4)31(32(34)36-25(7)26(14-10-3)17-13-9-2)24(6)22-35-30-19-18-28(37(38)39)21-29(30)33/h9-11,13-15,17-19,21-22H,2-3,5-8,12,16,20H2,1,4H3,(H2,34,36)/b15-11+,17-13-,26-14+,31-27+,35-22?. The highest BCUT2D eigenvalue weighted by Crippen LogP contribution is 2.30. The highest BCUT2D eigenvalue weighted by Gasteiger charge is 2.15. The van der Waals surface area contributed by atoms with Gasteiger partial charge in [0.25, 0.3) is 5.69 Å². The van der Waals surface area contributed by atoms with Crippen LogP contribution in [0.2, 0.25) is 5.02 Å². The maximum Gasteiger partial charge on any atom is 0.271 e. The van der Waals surface area contributed by atoms with Crippen LogP contribution in [0.25, 0.3) is 0 Å². The van der Waals surface area contributed by atoms with Gasteiger partial charge in [-0.15, -0.1) is 0 Å². The lowest BCUT2D eigenvalue weighted by Gasteiger charge is -2.15. The molecule has 2 N–H and O–H groups in total. The van der Waals surface area contributed by atoms with Crippen LogP contribution in [0.5, 0.6) is 0 Å². The fourth-order valence-electron chi connectivity index (χ4n) is 3.49. The maximum absolute atomic E-state index is 11.0. The van der Waals surface area contributed by atoms with Crippen molar-refractivity contribution in [2.24, 2.45) is 15.7 Å². The number of nitro groups is 1. The van der Waals surface area contributed by atoms with Crippen molar-refractivity contribution in [2.75, 3.05) is 0 Å². The number of non-ortho nitro benzene ring substituents is 1. The zero-order valence-corrected chi connectivity index (χ0v) is 23.6. The highest BCUT2D eigenvalue weighted by molar-refractivity contribution is 6.33. The number of allylic oxidation sites excluding steroid dienone is 9. The number of nitro benzene ring substituents is 1. The van der Waals surface area contributed by atoms with E-state index in [1.807, 2.05) is 25.2 Å². The Balaban J connectivity index is 3.66. The summed E-state index contributed by atoms with van der Waals surface area (Å²) in [6.07, 6.45) is 17.6. The van der Waals surface area contributed by atoms with Gasteiger partial charge in [0.05, 0.1) is 21.3 Å². The first-order valence-corrected chi connectivity index (χ1v) is 12.8. The zero-order chi connectivity index (χ0) is 29.4. The average molecular weight is 545 g/mol. The minimum atomic E-state index is -0.517. The van der Waals surface area contributed by atoms with Crippen LogP contribution in [0, 0.1) is 10.1 Å². The first-order chi connectivity index (χ1) is 18.6. The summed E-state index contributed by atoms with van der Waals surface area (Å²) >= 11 is 6.23. The van der Waals surface area contributed by atoms with Crippen LogP contribution in [-0.2, 0) is 0 Å². The molecule has 0 aromatic heterocycles. The SMILES string of the molecule is C=C/C=C\C(=C/C=C)C(=C)N=C(N)/C(C(=C)C=Nc1ccc([N+](=O)[O-])cc1Cl)=C(\C=C\C)CC(=C)CCCC. The van der Waals surface area contributed by atoms with E-state index < -0.39 is 4.92 Å². The Bertz CT molecular complexity index is 1310. The quantitative estimate of drug-likeness (QED) is 0.0561. The summed E-state index contributed by atoms with van der Waals surface area (Å²) in [6, 6.07) is 4.07. The smallest absolute Gasteiger partial charge is 0.271 e. The summed E-state index contributed by atoms with van der Waals surface area (Å²) in [5, 5.41) is 11.2. The van der Waals surface area contributed by atoms with Gasteiger partial charge in [-0.1, -0.05) is 106 Å². The number of hydrogen-bond acceptors (Lipinski definition) is 4. The summed E-state index contributed by atoms with van der Waals surface area (Å²) in [4.78, 5) is 19.6. The van der Waals surface area contributed by atoms with E-state index in [9.17, 15) is 10.1 Å². The minimum absolute atomic E-state index is 0.122. The molecule has 0 amide bonds. The number of hydrogen-bond donors (Lipinski definition) is 1. The Morgan fingerprint density at radius 2 is 1.90 bits per heavy atom. The molecule has 7 heteroatoms. The Kier molecular flexibility index (Phi) is 14.5. The second kappa shape index (κ2) is 17.3. The second-order valence-electron chi connectivity index (χ2n) is 8.50. The van der Waals surface area contributed by atoms with Crippen molar-refractivity contribution in [3.63, 3.8) is 0 Å². The third-order valence-corrected chi connectivity index (χ3v) is 5.69. The van der Waals surface area contributed by atoms with Crippen molar-refractivity contribution in [1.29, 1.82) is 0 Å². The molecular weight excluding hydrogens is 508 g/mol. The van der Waals surface area contributed by atoms with Crippen LogP contribution in [-0.4, -0.2) is 17.0 Å². The minimum Gasteiger partial charge on any atom is -0.383 e. The van der Waals surface area contributed by atoms with Crippen LogP contribution in [0.15, 0.2) is 137 Å². The predicted octanol–water partition coefficient (Wildman–Crippen LogP) is 9.24. The molecule has 0 saturated heterocycles. The van der Waals surface area contributed by atoms with Crippen molar-refractivity contribution in [3.8, 4) is 0 Å². The number of halogens is 1. The molecule has 0 aliphatic carbocycles. The molecule has 0 radical (unpaired) electrons.